The van der Waals surface area contributed by atoms with Crippen LogP contribution in [0, 0.1) is 0 Å². The Morgan fingerprint density at radius 1 is 1.62 bits per heavy atom. The monoisotopic (exact) mass is 243 g/mol. The minimum atomic E-state index is 0.713. The molecule has 1 heterocycles. The van der Waals surface area contributed by atoms with Gasteiger partial charge in [-0.1, -0.05) is 6.92 Å². The van der Waals surface area contributed by atoms with Crippen molar-refractivity contribution in [1.82, 2.24) is 4.98 Å². The van der Waals surface area contributed by atoms with Crippen LogP contribution < -0.4 is 10.6 Å². The molecule has 0 bridgehead atoms. The van der Waals surface area contributed by atoms with Crippen molar-refractivity contribution in [3.63, 3.8) is 0 Å². The molecule has 1 rings (SSSR count). The summed E-state index contributed by atoms with van der Waals surface area (Å²) in [7, 11) is 2.00. The van der Waals surface area contributed by atoms with Gasteiger partial charge < -0.3 is 10.6 Å². The van der Waals surface area contributed by atoms with Crippen molar-refractivity contribution in [3.8, 4) is 0 Å². The number of nitrogens with two attached hydrogens (primary N) is 1. The fraction of sp³-hybridized carbons (Fsp3) is 0.444. The first-order chi connectivity index (χ1) is 6.15. The van der Waals surface area contributed by atoms with Crippen LogP contribution in [0.15, 0.2) is 16.7 Å². The first kappa shape index (κ1) is 10.3. The first-order valence-electron chi connectivity index (χ1n) is 4.27. The van der Waals surface area contributed by atoms with Crippen molar-refractivity contribution in [3.05, 3.63) is 16.7 Å². The summed E-state index contributed by atoms with van der Waals surface area (Å²) >= 11 is 3.32. The molecule has 3 nitrogen and oxygen atoms in total. The predicted octanol–water partition coefficient (Wildman–Crippen LogP) is 2.27. The van der Waals surface area contributed by atoms with Crippen LogP contribution in [0.2, 0.25) is 0 Å². The Hall–Kier alpha value is -0.770. The molecule has 13 heavy (non-hydrogen) atoms. The highest BCUT2D eigenvalue weighted by Crippen LogP contribution is 2.22. The lowest BCUT2D eigenvalue weighted by Gasteiger charge is -2.18. The Morgan fingerprint density at radius 3 is 2.85 bits per heavy atom. The van der Waals surface area contributed by atoms with Crippen LogP contribution in [0.25, 0.3) is 0 Å². The molecule has 0 atom stereocenters. The maximum atomic E-state index is 5.82. The van der Waals surface area contributed by atoms with Crippen LogP contribution in [0.5, 0.6) is 0 Å². The van der Waals surface area contributed by atoms with Crippen LogP contribution >= 0.6 is 15.9 Å². The van der Waals surface area contributed by atoms with E-state index < -0.39 is 0 Å². The summed E-state index contributed by atoms with van der Waals surface area (Å²) in [5.74, 6) is 0.852. The number of hydrogen-bond donors (Lipinski definition) is 1. The SMILES string of the molecule is CCCN(C)c1ncc(Br)cc1N. The summed E-state index contributed by atoms with van der Waals surface area (Å²) in [5, 5.41) is 0. The lowest BCUT2D eigenvalue weighted by atomic mass is 10.3. The molecule has 1 aromatic rings. The number of hydrogen-bond acceptors (Lipinski definition) is 3. The average Bonchev–Trinajstić information content (AvgIpc) is 2.04. The largest absolute Gasteiger partial charge is 0.396 e. The molecule has 0 saturated heterocycles. The number of halogens is 1. The van der Waals surface area contributed by atoms with E-state index in [-0.39, 0.29) is 0 Å². The molecular weight excluding hydrogens is 230 g/mol. The summed E-state index contributed by atoms with van der Waals surface area (Å²) in [4.78, 5) is 6.31. The lowest BCUT2D eigenvalue weighted by molar-refractivity contribution is 0.839. The number of anilines is 2. The average molecular weight is 244 g/mol. The van der Waals surface area contributed by atoms with E-state index in [9.17, 15) is 0 Å². The second kappa shape index (κ2) is 4.46. The maximum Gasteiger partial charge on any atom is 0.151 e. The fourth-order valence-electron chi connectivity index (χ4n) is 1.21. The Balaban J connectivity index is 2.88. The Bertz CT molecular complexity index is 288. The van der Waals surface area contributed by atoms with Crippen molar-refractivity contribution in [2.24, 2.45) is 0 Å². The van der Waals surface area contributed by atoms with Crippen LogP contribution in [0.3, 0.4) is 0 Å². The van der Waals surface area contributed by atoms with Crippen LogP contribution in [-0.2, 0) is 0 Å². The molecule has 0 radical (unpaired) electrons. The Kier molecular flexibility index (Phi) is 3.54. The molecule has 0 unspecified atom stereocenters. The van der Waals surface area contributed by atoms with Crippen LogP contribution in [-0.4, -0.2) is 18.6 Å². The fourth-order valence-corrected chi connectivity index (χ4v) is 1.56. The second-order valence-corrected chi connectivity index (χ2v) is 3.90. The normalized spacial score (nSPS) is 10.1. The van der Waals surface area contributed by atoms with Gasteiger partial charge in [0, 0.05) is 24.3 Å². The second-order valence-electron chi connectivity index (χ2n) is 2.99. The zero-order valence-corrected chi connectivity index (χ0v) is 9.50. The molecule has 0 aliphatic heterocycles. The van der Waals surface area contributed by atoms with E-state index in [0.717, 1.165) is 23.3 Å². The van der Waals surface area contributed by atoms with E-state index in [1.807, 2.05) is 13.1 Å². The van der Waals surface area contributed by atoms with Crippen LogP contribution in [0.4, 0.5) is 11.5 Å². The molecule has 0 spiro atoms. The summed E-state index contributed by atoms with van der Waals surface area (Å²) < 4.78 is 0.915. The standard InChI is InChI=1S/C9H14BrN3/c1-3-4-13(2)9-8(11)5-7(10)6-12-9/h5-6H,3-4,11H2,1-2H3. The molecule has 0 saturated carbocycles. The van der Waals surface area contributed by atoms with E-state index in [0.29, 0.717) is 5.69 Å². The van der Waals surface area contributed by atoms with Crippen molar-refractivity contribution >= 4 is 27.4 Å². The highest BCUT2D eigenvalue weighted by atomic mass is 79.9. The molecule has 1 aromatic heterocycles. The smallest absolute Gasteiger partial charge is 0.151 e. The Morgan fingerprint density at radius 2 is 2.31 bits per heavy atom. The third-order valence-electron chi connectivity index (χ3n) is 1.78. The van der Waals surface area contributed by atoms with E-state index in [1.54, 1.807) is 6.20 Å². The minimum absolute atomic E-state index is 0.713. The number of nitrogen functional groups attached to an aromatic ring is 1. The van der Waals surface area contributed by atoms with Crippen molar-refractivity contribution in [1.29, 1.82) is 0 Å². The number of rotatable bonds is 3. The van der Waals surface area contributed by atoms with Crippen molar-refractivity contribution in [2.75, 3.05) is 24.2 Å². The third kappa shape index (κ3) is 2.59. The maximum absolute atomic E-state index is 5.82. The highest BCUT2D eigenvalue weighted by molar-refractivity contribution is 9.10. The van der Waals surface area contributed by atoms with E-state index in [4.69, 9.17) is 5.73 Å². The van der Waals surface area contributed by atoms with Gasteiger partial charge >= 0.3 is 0 Å². The topological polar surface area (TPSA) is 42.2 Å². The van der Waals surface area contributed by atoms with Gasteiger partial charge in [0.05, 0.1) is 5.69 Å². The predicted molar refractivity (Wildman–Crippen MR) is 59.9 cm³/mol. The number of nitrogens with zero attached hydrogens (tertiary/aromatic N) is 2. The van der Waals surface area contributed by atoms with Gasteiger partial charge in [-0.15, -0.1) is 0 Å². The van der Waals surface area contributed by atoms with Gasteiger partial charge in [-0.05, 0) is 28.4 Å². The van der Waals surface area contributed by atoms with Gasteiger partial charge in [-0.25, -0.2) is 4.98 Å². The highest BCUT2D eigenvalue weighted by Gasteiger charge is 2.05. The van der Waals surface area contributed by atoms with E-state index in [2.05, 4.69) is 32.7 Å². The molecule has 0 aliphatic carbocycles. The van der Waals surface area contributed by atoms with Gasteiger partial charge in [0.2, 0.25) is 0 Å². The summed E-state index contributed by atoms with van der Waals surface area (Å²) in [6, 6.07) is 1.87. The molecule has 0 fully saturated rings. The molecule has 0 aliphatic rings. The van der Waals surface area contributed by atoms with Gasteiger partial charge in [-0.2, -0.15) is 0 Å². The number of pyridine rings is 1. The molecule has 4 heteroatoms. The summed E-state index contributed by atoms with van der Waals surface area (Å²) in [6.07, 6.45) is 2.85. The molecule has 0 amide bonds. The molecule has 72 valence electrons. The Labute approximate surface area is 87.1 Å². The van der Waals surface area contributed by atoms with Crippen molar-refractivity contribution in [2.45, 2.75) is 13.3 Å². The third-order valence-corrected chi connectivity index (χ3v) is 2.22. The molecular formula is C9H14BrN3. The molecule has 2 N–H and O–H groups in total. The van der Waals surface area contributed by atoms with Gasteiger partial charge in [-0.3, -0.25) is 0 Å². The molecule has 0 aromatic carbocycles. The van der Waals surface area contributed by atoms with Gasteiger partial charge in [0.1, 0.15) is 0 Å². The minimum Gasteiger partial charge on any atom is -0.396 e. The van der Waals surface area contributed by atoms with Crippen molar-refractivity contribution < 1.29 is 0 Å². The van der Waals surface area contributed by atoms with Gasteiger partial charge in [0.15, 0.2) is 5.82 Å². The zero-order chi connectivity index (χ0) is 9.84. The summed E-state index contributed by atoms with van der Waals surface area (Å²) in [6.45, 7) is 3.10. The van der Waals surface area contributed by atoms with Crippen LogP contribution in [0.1, 0.15) is 13.3 Å². The quantitative estimate of drug-likeness (QED) is 0.886. The lowest BCUT2D eigenvalue weighted by Crippen LogP contribution is -2.20. The van der Waals surface area contributed by atoms with E-state index >= 15 is 0 Å². The summed E-state index contributed by atoms with van der Waals surface area (Å²) in [5.41, 5.74) is 6.53. The van der Waals surface area contributed by atoms with Gasteiger partial charge in [0.25, 0.3) is 0 Å². The zero-order valence-electron chi connectivity index (χ0n) is 7.92. The van der Waals surface area contributed by atoms with E-state index in [1.165, 1.54) is 0 Å². The number of aromatic nitrogens is 1. The first-order valence-corrected chi connectivity index (χ1v) is 5.06.